The quantitative estimate of drug-likeness (QED) is 0.326. The lowest BCUT2D eigenvalue weighted by molar-refractivity contribution is -0.136. The van der Waals surface area contributed by atoms with Gasteiger partial charge in [-0.05, 0) is 26.7 Å². The summed E-state index contributed by atoms with van der Waals surface area (Å²) in [6, 6.07) is -0.278. The first-order valence-electron chi connectivity index (χ1n) is 5.73. The van der Waals surface area contributed by atoms with Gasteiger partial charge < -0.3 is 20.6 Å². The maximum absolute atomic E-state index is 12.1. The Morgan fingerprint density at radius 3 is 2.82 bits per heavy atom. The minimum absolute atomic E-state index is 0.0223. The summed E-state index contributed by atoms with van der Waals surface area (Å²) >= 11 is 0. The molecular formula is C11H21N3O3. The van der Waals surface area contributed by atoms with Crippen molar-refractivity contribution in [2.75, 3.05) is 13.7 Å². The molecular weight excluding hydrogens is 222 g/mol. The highest BCUT2D eigenvalue weighted by atomic mass is 16.5. The fourth-order valence-electron chi connectivity index (χ4n) is 1.98. The van der Waals surface area contributed by atoms with E-state index in [4.69, 9.17) is 15.7 Å². The van der Waals surface area contributed by atoms with Gasteiger partial charge >= 0.3 is 0 Å². The second-order valence-electron chi connectivity index (χ2n) is 4.91. The first-order valence-corrected chi connectivity index (χ1v) is 5.73. The van der Waals surface area contributed by atoms with Gasteiger partial charge in [-0.25, -0.2) is 0 Å². The monoisotopic (exact) mass is 243 g/mol. The number of rotatable bonds is 4. The van der Waals surface area contributed by atoms with Gasteiger partial charge in [-0.1, -0.05) is 5.16 Å². The van der Waals surface area contributed by atoms with Crippen LogP contribution in [-0.4, -0.2) is 47.1 Å². The number of hydrogen-bond acceptors (Lipinski definition) is 4. The number of amides is 1. The number of nitrogens with zero attached hydrogens (tertiary/aromatic N) is 2. The number of amidine groups is 1. The molecule has 1 saturated heterocycles. The number of carbonyl (C=O) groups is 1. The van der Waals surface area contributed by atoms with Gasteiger partial charge in [0.05, 0.1) is 18.1 Å². The third-order valence-corrected chi connectivity index (χ3v) is 3.16. The van der Waals surface area contributed by atoms with E-state index in [1.54, 1.807) is 12.0 Å². The Balaban J connectivity index is 2.69. The van der Waals surface area contributed by atoms with Crippen molar-refractivity contribution in [2.45, 2.75) is 44.8 Å². The molecule has 1 aliphatic rings. The molecule has 1 heterocycles. The van der Waals surface area contributed by atoms with Gasteiger partial charge in [0, 0.05) is 13.7 Å². The van der Waals surface area contributed by atoms with Crippen LogP contribution in [0.3, 0.4) is 0 Å². The van der Waals surface area contributed by atoms with Crippen LogP contribution in [0.2, 0.25) is 0 Å². The summed E-state index contributed by atoms with van der Waals surface area (Å²) in [7, 11) is 1.58. The zero-order chi connectivity index (χ0) is 13.1. The predicted octanol–water partition coefficient (Wildman–Crippen LogP) is 0.539. The van der Waals surface area contributed by atoms with Gasteiger partial charge in [0.2, 0.25) is 5.91 Å². The molecule has 6 heteroatoms. The number of ether oxygens (including phenoxy) is 1. The highest BCUT2D eigenvalue weighted by Crippen LogP contribution is 2.22. The lowest BCUT2D eigenvalue weighted by Crippen LogP contribution is -2.46. The van der Waals surface area contributed by atoms with Crippen molar-refractivity contribution in [2.24, 2.45) is 10.9 Å². The lowest BCUT2D eigenvalue weighted by atomic mass is 10.0. The molecule has 1 aliphatic heterocycles. The molecule has 0 aromatic carbocycles. The zero-order valence-electron chi connectivity index (χ0n) is 10.6. The van der Waals surface area contributed by atoms with Gasteiger partial charge in [0.15, 0.2) is 5.84 Å². The normalized spacial score (nSPS) is 21.9. The molecule has 0 aromatic heterocycles. The minimum Gasteiger partial charge on any atom is -0.409 e. The summed E-state index contributed by atoms with van der Waals surface area (Å²) < 4.78 is 5.23. The van der Waals surface area contributed by atoms with Crippen LogP contribution in [0.15, 0.2) is 5.16 Å². The van der Waals surface area contributed by atoms with Crippen LogP contribution < -0.4 is 5.73 Å². The first-order chi connectivity index (χ1) is 7.91. The van der Waals surface area contributed by atoms with Crippen molar-refractivity contribution in [3.63, 3.8) is 0 Å². The number of oxime groups is 1. The van der Waals surface area contributed by atoms with E-state index in [1.807, 2.05) is 13.8 Å². The highest BCUT2D eigenvalue weighted by Gasteiger charge is 2.34. The van der Waals surface area contributed by atoms with Crippen molar-refractivity contribution in [1.29, 1.82) is 0 Å². The van der Waals surface area contributed by atoms with Crippen molar-refractivity contribution < 1.29 is 14.7 Å². The summed E-state index contributed by atoms with van der Waals surface area (Å²) in [6.45, 7) is 4.37. The molecule has 0 spiro atoms. The molecule has 1 atom stereocenters. The van der Waals surface area contributed by atoms with Crippen LogP contribution in [0.1, 0.15) is 33.1 Å². The lowest BCUT2D eigenvalue weighted by Gasteiger charge is -2.28. The molecule has 0 aliphatic carbocycles. The molecule has 98 valence electrons. The first kappa shape index (κ1) is 13.8. The van der Waals surface area contributed by atoms with E-state index in [2.05, 4.69) is 5.16 Å². The van der Waals surface area contributed by atoms with E-state index in [1.165, 1.54) is 0 Å². The molecule has 6 nitrogen and oxygen atoms in total. The number of hydrogen-bond donors (Lipinski definition) is 2. The average molecular weight is 243 g/mol. The van der Waals surface area contributed by atoms with E-state index >= 15 is 0 Å². The van der Waals surface area contributed by atoms with Crippen LogP contribution >= 0.6 is 0 Å². The van der Waals surface area contributed by atoms with Gasteiger partial charge in [0.25, 0.3) is 0 Å². The molecule has 0 bridgehead atoms. The largest absolute Gasteiger partial charge is 0.409 e. The molecule has 3 N–H and O–H groups in total. The number of likely N-dealkylation sites (tertiary alicyclic amines) is 1. The minimum atomic E-state index is -0.491. The maximum atomic E-state index is 12.1. The average Bonchev–Trinajstić information content (AvgIpc) is 2.76. The fourth-order valence-corrected chi connectivity index (χ4v) is 1.98. The third kappa shape index (κ3) is 3.33. The Labute approximate surface area is 101 Å². The molecule has 1 fully saturated rings. The SMILES string of the molecule is COC(C)(C)CC(=O)N1CCCC1C(N)=NO. The van der Waals surface area contributed by atoms with Gasteiger partial charge in [-0.15, -0.1) is 0 Å². The van der Waals surface area contributed by atoms with Gasteiger partial charge in [-0.3, -0.25) is 4.79 Å². The summed E-state index contributed by atoms with van der Waals surface area (Å²) in [6.07, 6.45) is 1.91. The molecule has 1 amide bonds. The number of carbonyl (C=O) groups excluding carboxylic acids is 1. The Morgan fingerprint density at radius 1 is 1.65 bits per heavy atom. The standard InChI is InChI=1S/C11H21N3O3/c1-11(2,17-3)7-9(15)14-6-4-5-8(14)10(12)13-16/h8,16H,4-7H2,1-3H3,(H2,12,13). The summed E-state index contributed by atoms with van der Waals surface area (Å²) in [4.78, 5) is 13.8. The molecule has 17 heavy (non-hydrogen) atoms. The molecule has 0 aromatic rings. The van der Waals surface area contributed by atoms with Crippen LogP contribution in [0.5, 0.6) is 0 Å². The topological polar surface area (TPSA) is 88.2 Å². The third-order valence-electron chi connectivity index (χ3n) is 3.16. The highest BCUT2D eigenvalue weighted by molar-refractivity contribution is 5.90. The second-order valence-corrected chi connectivity index (χ2v) is 4.91. The zero-order valence-corrected chi connectivity index (χ0v) is 10.6. The van der Waals surface area contributed by atoms with Crippen molar-refractivity contribution in [3.8, 4) is 0 Å². The van der Waals surface area contributed by atoms with E-state index in [0.717, 1.165) is 12.8 Å². The number of nitrogens with two attached hydrogens (primary N) is 1. The van der Waals surface area contributed by atoms with Gasteiger partial charge in [-0.2, -0.15) is 0 Å². The summed E-state index contributed by atoms with van der Waals surface area (Å²) in [5.41, 5.74) is 5.09. The maximum Gasteiger partial charge on any atom is 0.226 e. The van der Waals surface area contributed by atoms with E-state index in [0.29, 0.717) is 13.0 Å². The second kappa shape index (κ2) is 5.35. The van der Waals surface area contributed by atoms with Crippen LogP contribution in [0, 0.1) is 0 Å². The van der Waals surface area contributed by atoms with Crippen molar-refractivity contribution >= 4 is 11.7 Å². The molecule has 1 unspecified atom stereocenters. The summed E-state index contributed by atoms with van der Waals surface area (Å²) in [5, 5.41) is 11.7. The Kier molecular flexibility index (Phi) is 4.34. The van der Waals surface area contributed by atoms with E-state index in [-0.39, 0.29) is 17.8 Å². The molecule has 0 saturated carbocycles. The fraction of sp³-hybridized carbons (Fsp3) is 0.818. The summed E-state index contributed by atoms with van der Waals surface area (Å²) in [5.74, 6) is 0.0806. The Hall–Kier alpha value is -1.30. The number of methoxy groups -OCH3 is 1. The van der Waals surface area contributed by atoms with E-state index in [9.17, 15) is 4.79 Å². The van der Waals surface area contributed by atoms with Crippen LogP contribution in [0.4, 0.5) is 0 Å². The van der Waals surface area contributed by atoms with Crippen molar-refractivity contribution in [1.82, 2.24) is 4.90 Å². The molecule has 1 rings (SSSR count). The smallest absolute Gasteiger partial charge is 0.226 e. The van der Waals surface area contributed by atoms with Crippen molar-refractivity contribution in [3.05, 3.63) is 0 Å². The predicted molar refractivity (Wildman–Crippen MR) is 63.8 cm³/mol. The van der Waals surface area contributed by atoms with Crippen LogP contribution in [0.25, 0.3) is 0 Å². The van der Waals surface area contributed by atoms with Gasteiger partial charge in [0.1, 0.15) is 0 Å². The van der Waals surface area contributed by atoms with Crippen LogP contribution in [-0.2, 0) is 9.53 Å². The van der Waals surface area contributed by atoms with E-state index < -0.39 is 5.60 Å². The Bertz CT molecular complexity index is 315. The Morgan fingerprint density at radius 2 is 2.29 bits per heavy atom. The molecule has 0 radical (unpaired) electrons.